The summed E-state index contributed by atoms with van der Waals surface area (Å²) in [5.41, 5.74) is -0.127. The number of ether oxygens (including phenoxy) is 2. The van der Waals surface area contributed by atoms with Gasteiger partial charge < -0.3 is 14.6 Å². The lowest BCUT2D eigenvalue weighted by Gasteiger charge is -2.32. The molecule has 0 aromatic carbocycles. The highest BCUT2D eigenvalue weighted by Gasteiger charge is 2.43. The Kier molecular flexibility index (Phi) is 1.87. The van der Waals surface area contributed by atoms with Crippen molar-refractivity contribution in [1.29, 1.82) is 0 Å². The van der Waals surface area contributed by atoms with Gasteiger partial charge in [-0.15, -0.1) is 0 Å². The SMILES string of the molecule is OCCC12CCC(COC1)O2. The van der Waals surface area contributed by atoms with E-state index >= 15 is 0 Å². The van der Waals surface area contributed by atoms with Gasteiger partial charge in [0, 0.05) is 13.0 Å². The number of hydrogen-bond donors (Lipinski definition) is 1. The molecule has 3 heteroatoms. The molecule has 0 spiro atoms. The third-order valence-electron chi connectivity index (χ3n) is 2.57. The van der Waals surface area contributed by atoms with Crippen LogP contribution >= 0.6 is 0 Å². The molecule has 1 N–H and O–H groups in total. The Hall–Kier alpha value is -0.120. The van der Waals surface area contributed by atoms with Gasteiger partial charge in [0.1, 0.15) is 0 Å². The summed E-state index contributed by atoms with van der Waals surface area (Å²) in [4.78, 5) is 0. The molecule has 0 aromatic heterocycles. The van der Waals surface area contributed by atoms with E-state index < -0.39 is 0 Å². The second-order valence-corrected chi connectivity index (χ2v) is 3.45. The Bertz CT molecular complexity index is 139. The van der Waals surface area contributed by atoms with Crippen LogP contribution in [-0.4, -0.2) is 36.6 Å². The van der Waals surface area contributed by atoms with Crippen LogP contribution in [0.2, 0.25) is 0 Å². The lowest BCUT2D eigenvalue weighted by atomic mass is 9.98. The Balaban J connectivity index is 2.01. The molecule has 0 saturated carbocycles. The maximum Gasteiger partial charge on any atom is 0.0942 e. The molecule has 64 valence electrons. The number of hydrogen-bond acceptors (Lipinski definition) is 3. The van der Waals surface area contributed by atoms with Crippen LogP contribution in [0.1, 0.15) is 19.3 Å². The molecule has 2 rings (SSSR count). The highest BCUT2D eigenvalue weighted by molar-refractivity contribution is 4.91. The van der Waals surface area contributed by atoms with Crippen LogP contribution in [0.15, 0.2) is 0 Å². The standard InChI is InChI=1S/C8H14O3/c9-4-3-8-2-1-7(11-8)5-10-6-8/h7,9H,1-6H2. The maximum absolute atomic E-state index is 8.80. The first-order valence-electron chi connectivity index (χ1n) is 4.21. The normalized spacial score (nSPS) is 42.8. The van der Waals surface area contributed by atoms with E-state index in [0.29, 0.717) is 12.7 Å². The Labute approximate surface area is 66.3 Å². The van der Waals surface area contributed by atoms with E-state index in [1.165, 1.54) is 0 Å². The van der Waals surface area contributed by atoms with E-state index in [0.717, 1.165) is 25.9 Å². The average Bonchev–Trinajstić information content (AvgIpc) is 2.28. The third-order valence-corrected chi connectivity index (χ3v) is 2.57. The molecule has 2 saturated heterocycles. The van der Waals surface area contributed by atoms with Crippen molar-refractivity contribution < 1.29 is 14.6 Å². The van der Waals surface area contributed by atoms with E-state index in [-0.39, 0.29) is 12.2 Å². The van der Waals surface area contributed by atoms with Gasteiger partial charge in [-0.1, -0.05) is 0 Å². The van der Waals surface area contributed by atoms with E-state index in [1.807, 2.05) is 0 Å². The summed E-state index contributed by atoms with van der Waals surface area (Å²) in [5, 5.41) is 8.80. The van der Waals surface area contributed by atoms with Crippen molar-refractivity contribution in [2.45, 2.75) is 31.0 Å². The molecule has 0 radical (unpaired) electrons. The second kappa shape index (κ2) is 2.73. The zero-order valence-electron chi connectivity index (χ0n) is 6.58. The predicted octanol–water partition coefficient (Wildman–Crippen LogP) is 0.317. The quantitative estimate of drug-likeness (QED) is 0.629. The number of fused-ring (bicyclic) bond motifs is 2. The molecule has 2 aliphatic rings. The fourth-order valence-corrected chi connectivity index (χ4v) is 1.96. The van der Waals surface area contributed by atoms with Crippen LogP contribution in [0.25, 0.3) is 0 Å². The van der Waals surface area contributed by atoms with Crippen LogP contribution in [-0.2, 0) is 9.47 Å². The van der Waals surface area contributed by atoms with Gasteiger partial charge in [-0.25, -0.2) is 0 Å². The monoisotopic (exact) mass is 158 g/mol. The molecule has 2 fully saturated rings. The van der Waals surface area contributed by atoms with Gasteiger partial charge in [-0.05, 0) is 12.8 Å². The average molecular weight is 158 g/mol. The summed E-state index contributed by atoms with van der Waals surface area (Å²) in [7, 11) is 0. The first-order valence-corrected chi connectivity index (χ1v) is 4.21. The molecule has 2 unspecified atom stereocenters. The molecular formula is C8H14O3. The van der Waals surface area contributed by atoms with Gasteiger partial charge in [0.2, 0.25) is 0 Å². The first kappa shape index (κ1) is 7.53. The number of aliphatic hydroxyl groups excluding tert-OH is 1. The first-order chi connectivity index (χ1) is 5.35. The molecule has 2 heterocycles. The Morgan fingerprint density at radius 2 is 2.45 bits per heavy atom. The molecule has 2 aliphatic heterocycles. The summed E-state index contributed by atoms with van der Waals surface area (Å²) in [6, 6.07) is 0. The fraction of sp³-hybridized carbons (Fsp3) is 1.00. The fourth-order valence-electron chi connectivity index (χ4n) is 1.96. The third kappa shape index (κ3) is 1.28. The summed E-state index contributed by atoms with van der Waals surface area (Å²) >= 11 is 0. The van der Waals surface area contributed by atoms with Gasteiger partial charge in [-0.2, -0.15) is 0 Å². The van der Waals surface area contributed by atoms with Gasteiger partial charge in [0.25, 0.3) is 0 Å². The lowest BCUT2D eigenvalue weighted by Crippen LogP contribution is -2.41. The molecule has 2 bridgehead atoms. The van der Waals surface area contributed by atoms with E-state index in [4.69, 9.17) is 14.6 Å². The largest absolute Gasteiger partial charge is 0.396 e. The molecule has 0 amide bonds. The predicted molar refractivity (Wildman–Crippen MR) is 39.4 cm³/mol. The van der Waals surface area contributed by atoms with Crippen LogP contribution < -0.4 is 0 Å². The van der Waals surface area contributed by atoms with E-state index in [9.17, 15) is 0 Å². The summed E-state index contributed by atoms with van der Waals surface area (Å²) in [5.74, 6) is 0. The number of rotatable bonds is 2. The lowest BCUT2D eigenvalue weighted by molar-refractivity contribution is -0.164. The molecule has 0 aromatic rings. The van der Waals surface area contributed by atoms with Crippen molar-refractivity contribution in [2.24, 2.45) is 0 Å². The summed E-state index contributed by atoms with van der Waals surface area (Å²) < 4.78 is 11.1. The summed E-state index contributed by atoms with van der Waals surface area (Å²) in [6.07, 6.45) is 3.18. The highest BCUT2D eigenvalue weighted by atomic mass is 16.6. The minimum Gasteiger partial charge on any atom is -0.396 e. The smallest absolute Gasteiger partial charge is 0.0942 e. The van der Waals surface area contributed by atoms with E-state index in [2.05, 4.69) is 0 Å². The minimum absolute atomic E-state index is 0.127. The van der Waals surface area contributed by atoms with Crippen LogP contribution in [0, 0.1) is 0 Å². The van der Waals surface area contributed by atoms with Crippen molar-refractivity contribution in [3.63, 3.8) is 0 Å². The van der Waals surface area contributed by atoms with Gasteiger partial charge in [0.05, 0.1) is 24.9 Å². The van der Waals surface area contributed by atoms with Crippen molar-refractivity contribution in [3.8, 4) is 0 Å². The molecule has 11 heavy (non-hydrogen) atoms. The zero-order valence-corrected chi connectivity index (χ0v) is 6.58. The van der Waals surface area contributed by atoms with Crippen LogP contribution in [0.3, 0.4) is 0 Å². The number of aliphatic hydroxyl groups is 1. The van der Waals surface area contributed by atoms with Crippen LogP contribution in [0.4, 0.5) is 0 Å². The van der Waals surface area contributed by atoms with Crippen molar-refractivity contribution in [2.75, 3.05) is 19.8 Å². The summed E-state index contributed by atoms with van der Waals surface area (Å²) in [6.45, 7) is 1.62. The van der Waals surface area contributed by atoms with E-state index in [1.54, 1.807) is 0 Å². The molecule has 3 nitrogen and oxygen atoms in total. The van der Waals surface area contributed by atoms with Crippen molar-refractivity contribution >= 4 is 0 Å². The van der Waals surface area contributed by atoms with Gasteiger partial charge in [0.15, 0.2) is 0 Å². The minimum atomic E-state index is -0.127. The molecule has 0 aliphatic carbocycles. The highest BCUT2D eigenvalue weighted by Crippen LogP contribution is 2.36. The Morgan fingerprint density at radius 1 is 1.55 bits per heavy atom. The van der Waals surface area contributed by atoms with Crippen molar-refractivity contribution in [1.82, 2.24) is 0 Å². The molecule has 2 atom stereocenters. The molecular weight excluding hydrogens is 144 g/mol. The maximum atomic E-state index is 8.80. The van der Waals surface area contributed by atoms with Crippen LogP contribution in [0.5, 0.6) is 0 Å². The Morgan fingerprint density at radius 3 is 3.27 bits per heavy atom. The van der Waals surface area contributed by atoms with Gasteiger partial charge >= 0.3 is 0 Å². The van der Waals surface area contributed by atoms with Gasteiger partial charge in [-0.3, -0.25) is 0 Å². The second-order valence-electron chi connectivity index (χ2n) is 3.45. The topological polar surface area (TPSA) is 38.7 Å². The zero-order chi connectivity index (χ0) is 7.73. The van der Waals surface area contributed by atoms with Crippen molar-refractivity contribution in [3.05, 3.63) is 0 Å².